The summed E-state index contributed by atoms with van der Waals surface area (Å²) >= 11 is 0. The minimum Gasteiger partial charge on any atom is -0.481 e. The molecule has 3 rings (SSSR count). The molecule has 0 radical (unpaired) electrons. The second-order valence-corrected chi connectivity index (χ2v) is 6.98. The molecule has 29 heavy (non-hydrogen) atoms. The van der Waals surface area contributed by atoms with Crippen molar-refractivity contribution in [2.45, 2.75) is 26.2 Å². The van der Waals surface area contributed by atoms with Crippen LogP contribution in [0.4, 0.5) is 5.69 Å². The fourth-order valence-corrected chi connectivity index (χ4v) is 3.48. The maximum Gasteiger partial charge on any atom is 0.330 e. The van der Waals surface area contributed by atoms with Crippen LogP contribution in [0.1, 0.15) is 31.7 Å². The first-order chi connectivity index (χ1) is 14.1. The second-order valence-electron chi connectivity index (χ2n) is 6.98. The number of amides is 1. The van der Waals surface area contributed by atoms with Crippen molar-refractivity contribution in [2.24, 2.45) is 5.92 Å². The molecule has 154 valence electrons. The van der Waals surface area contributed by atoms with Gasteiger partial charge in [0.2, 0.25) is 11.8 Å². The van der Waals surface area contributed by atoms with Crippen LogP contribution < -0.4 is 15.4 Å². The van der Waals surface area contributed by atoms with Crippen molar-refractivity contribution in [3.63, 3.8) is 0 Å². The van der Waals surface area contributed by atoms with Gasteiger partial charge in [0.25, 0.3) is 0 Å². The average molecular weight is 397 g/mol. The van der Waals surface area contributed by atoms with Crippen molar-refractivity contribution in [2.75, 3.05) is 32.1 Å². The lowest BCUT2D eigenvalue weighted by Crippen LogP contribution is -2.30. The lowest BCUT2D eigenvalue weighted by molar-refractivity contribution is -0.137. The first-order valence-electron chi connectivity index (χ1n) is 9.94. The SMILES string of the molecule is CCOC(=O)/C=C/c1ccc(NC(=O)CC2CCNCC2)c2nc(OC)ccc12. The minimum atomic E-state index is -0.401. The van der Waals surface area contributed by atoms with Gasteiger partial charge in [-0.05, 0) is 62.5 Å². The van der Waals surface area contributed by atoms with Crippen molar-refractivity contribution in [3.8, 4) is 5.88 Å². The zero-order chi connectivity index (χ0) is 20.6. The molecule has 1 fully saturated rings. The summed E-state index contributed by atoms with van der Waals surface area (Å²) in [6.07, 6.45) is 5.60. The van der Waals surface area contributed by atoms with Gasteiger partial charge in [-0.3, -0.25) is 4.79 Å². The van der Waals surface area contributed by atoms with E-state index in [4.69, 9.17) is 9.47 Å². The summed E-state index contributed by atoms with van der Waals surface area (Å²) in [4.78, 5) is 28.8. The van der Waals surface area contributed by atoms with Crippen LogP contribution in [0.25, 0.3) is 17.0 Å². The van der Waals surface area contributed by atoms with Gasteiger partial charge in [0, 0.05) is 23.9 Å². The number of piperidine rings is 1. The van der Waals surface area contributed by atoms with Gasteiger partial charge >= 0.3 is 5.97 Å². The summed E-state index contributed by atoms with van der Waals surface area (Å²) in [6.45, 7) is 4.01. The van der Waals surface area contributed by atoms with Gasteiger partial charge < -0.3 is 20.1 Å². The quantitative estimate of drug-likeness (QED) is 0.551. The number of fused-ring (bicyclic) bond motifs is 1. The molecule has 1 saturated heterocycles. The monoisotopic (exact) mass is 397 g/mol. The zero-order valence-electron chi connectivity index (χ0n) is 16.9. The molecule has 7 heteroatoms. The standard InChI is InChI=1S/C22H27N3O4/c1-3-29-21(27)9-5-16-4-7-18(22-17(16)6-8-20(25-22)28-2)24-19(26)14-15-10-12-23-13-11-15/h4-9,15,23H,3,10-14H2,1-2H3,(H,24,26)/b9-5+. The van der Waals surface area contributed by atoms with Crippen LogP contribution in [-0.4, -0.2) is 43.7 Å². The van der Waals surface area contributed by atoms with Crippen LogP contribution in [0.2, 0.25) is 0 Å². The summed E-state index contributed by atoms with van der Waals surface area (Å²) in [7, 11) is 1.55. The average Bonchev–Trinajstić information content (AvgIpc) is 2.73. The van der Waals surface area contributed by atoms with Gasteiger partial charge in [0.15, 0.2) is 0 Å². The molecule has 0 spiro atoms. The molecule has 2 aromatic rings. The number of nitrogens with one attached hydrogen (secondary N) is 2. The summed E-state index contributed by atoms with van der Waals surface area (Å²) in [6, 6.07) is 7.28. The van der Waals surface area contributed by atoms with Gasteiger partial charge in [0.1, 0.15) is 0 Å². The zero-order valence-corrected chi connectivity index (χ0v) is 16.9. The second kappa shape index (κ2) is 10.0. The Hall–Kier alpha value is -2.93. The fraction of sp³-hybridized carbons (Fsp3) is 0.409. The highest BCUT2D eigenvalue weighted by Gasteiger charge is 2.18. The number of methoxy groups -OCH3 is 1. The van der Waals surface area contributed by atoms with Gasteiger partial charge in [0.05, 0.1) is 24.9 Å². The van der Waals surface area contributed by atoms with Gasteiger partial charge in [-0.2, -0.15) is 0 Å². The van der Waals surface area contributed by atoms with Gasteiger partial charge in [-0.15, -0.1) is 0 Å². The van der Waals surface area contributed by atoms with E-state index in [0.29, 0.717) is 36.0 Å². The number of ether oxygens (including phenoxy) is 2. The van der Waals surface area contributed by atoms with Crippen LogP contribution in [0.5, 0.6) is 5.88 Å². The lowest BCUT2D eigenvalue weighted by Gasteiger charge is -2.22. The third-order valence-corrected chi connectivity index (χ3v) is 4.97. The molecule has 2 N–H and O–H groups in total. The molecule has 1 aromatic carbocycles. The number of anilines is 1. The number of carbonyl (C=O) groups is 2. The third-order valence-electron chi connectivity index (χ3n) is 4.97. The van der Waals surface area contributed by atoms with Gasteiger partial charge in [-0.25, -0.2) is 9.78 Å². The van der Waals surface area contributed by atoms with E-state index in [2.05, 4.69) is 15.6 Å². The van der Waals surface area contributed by atoms with E-state index in [1.807, 2.05) is 12.1 Å². The van der Waals surface area contributed by atoms with Crippen LogP contribution in [0.3, 0.4) is 0 Å². The number of hydrogen-bond acceptors (Lipinski definition) is 6. The Bertz CT molecular complexity index is 904. The van der Waals surface area contributed by atoms with Crippen molar-refractivity contribution in [1.82, 2.24) is 10.3 Å². The molecule has 0 saturated carbocycles. The van der Waals surface area contributed by atoms with Crippen LogP contribution in [0.15, 0.2) is 30.3 Å². The van der Waals surface area contributed by atoms with E-state index in [1.54, 1.807) is 32.2 Å². The van der Waals surface area contributed by atoms with Crippen LogP contribution >= 0.6 is 0 Å². The maximum absolute atomic E-state index is 12.6. The Morgan fingerprint density at radius 3 is 2.76 bits per heavy atom. The Kier molecular flexibility index (Phi) is 7.19. The normalized spacial score (nSPS) is 14.8. The van der Waals surface area contributed by atoms with E-state index >= 15 is 0 Å². The highest BCUT2D eigenvalue weighted by molar-refractivity contribution is 6.04. The smallest absolute Gasteiger partial charge is 0.330 e. The first-order valence-corrected chi connectivity index (χ1v) is 9.94. The van der Waals surface area contributed by atoms with E-state index in [0.717, 1.165) is 36.9 Å². The molecule has 1 aliphatic heterocycles. The van der Waals surface area contributed by atoms with Crippen LogP contribution in [-0.2, 0) is 14.3 Å². The minimum absolute atomic E-state index is 0.0161. The molecule has 2 heterocycles. The number of aromatic nitrogens is 1. The predicted octanol–water partition coefficient (Wildman–Crippen LogP) is 3.15. The molecular formula is C22H27N3O4. The number of carbonyl (C=O) groups excluding carboxylic acids is 2. The van der Waals surface area contributed by atoms with Crippen molar-refractivity contribution in [3.05, 3.63) is 35.9 Å². The number of esters is 1. The largest absolute Gasteiger partial charge is 0.481 e. The molecular weight excluding hydrogens is 370 g/mol. The molecule has 0 unspecified atom stereocenters. The summed E-state index contributed by atoms with van der Waals surface area (Å²) in [5, 5.41) is 7.13. The van der Waals surface area contributed by atoms with Crippen LogP contribution in [0, 0.1) is 5.92 Å². The van der Waals surface area contributed by atoms with Gasteiger partial charge in [-0.1, -0.05) is 6.07 Å². The summed E-state index contributed by atoms with van der Waals surface area (Å²) in [5.74, 6) is 0.439. The topological polar surface area (TPSA) is 89.5 Å². The highest BCUT2D eigenvalue weighted by atomic mass is 16.5. The molecule has 0 bridgehead atoms. The number of pyridine rings is 1. The van der Waals surface area contributed by atoms with Crippen molar-refractivity contribution >= 4 is 34.5 Å². The van der Waals surface area contributed by atoms with E-state index in [-0.39, 0.29) is 5.91 Å². The lowest BCUT2D eigenvalue weighted by atomic mass is 9.94. The Balaban J connectivity index is 1.85. The Labute approximate surface area is 170 Å². The molecule has 7 nitrogen and oxygen atoms in total. The first kappa shape index (κ1) is 20.8. The number of rotatable bonds is 7. The maximum atomic E-state index is 12.6. The summed E-state index contributed by atoms with van der Waals surface area (Å²) in [5.41, 5.74) is 2.06. The van der Waals surface area contributed by atoms with E-state index in [9.17, 15) is 9.59 Å². The van der Waals surface area contributed by atoms with E-state index < -0.39 is 5.97 Å². The predicted molar refractivity (Wildman–Crippen MR) is 113 cm³/mol. The van der Waals surface area contributed by atoms with E-state index in [1.165, 1.54) is 6.08 Å². The number of benzene rings is 1. The van der Waals surface area contributed by atoms with Crippen molar-refractivity contribution in [1.29, 1.82) is 0 Å². The molecule has 0 atom stereocenters. The Morgan fingerprint density at radius 1 is 1.24 bits per heavy atom. The highest BCUT2D eigenvalue weighted by Crippen LogP contribution is 2.29. The molecule has 1 aromatic heterocycles. The molecule has 1 amide bonds. The number of hydrogen-bond donors (Lipinski definition) is 2. The molecule has 0 aliphatic carbocycles. The fourth-order valence-electron chi connectivity index (χ4n) is 3.48. The van der Waals surface area contributed by atoms with Crippen molar-refractivity contribution < 1.29 is 19.1 Å². The Morgan fingerprint density at radius 2 is 2.03 bits per heavy atom. The summed E-state index contributed by atoms with van der Waals surface area (Å²) < 4.78 is 10.2. The number of nitrogens with zero attached hydrogens (tertiary/aromatic N) is 1. The third kappa shape index (κ3) is 5.54. The molecule has 1 aliphatic rings.